The van der Waals surface area contributed by atoms with Crippen LogP contribution in [0.15, 0.2) is 24.3 Å². The van der Waals surface area contributed by atoms with Crippen LogP contribution in [0.3, 0.4) is 0 Å². The van der Waals surface area contributed by atoms with Gasteiger partial charge in [-0.3, -0.25) is 4.79 Å². The molecule has 0 atom stereocenters. The average Bonchev–Trinajstić information content (AvgIpc) is 2.15. The summed E-state index contributed by atoms with van der Waals surface area (Å²) in [5.41, 5.74) is 0.343. The smallest absolute Gasteiger partial charge is 0.188 e. The highest BCUT2D eigenvalue weighted by atomic mass is 19.1. The predicted octanol–water partition coefficient (Wildman–Crippen LogP) is 1.42. The van der Waals surface area contributed by atoms with Crippen molar-refractivity contribution in [3.05, 3.63) is 35.6 Å². The number of hydrogen-bond donors (Lipinski definition) is 0. The Balaban J connectivity index is 1.89. The summed E-state index contributed by atoms with van der Waals surface area (Å²) in [6.45, 7) is 1.06. The summed E-state index contributed by atoms with van der Waals surface area (Å²) in [6.07, 6.45) is 0.0162. The second-order valence-corrected chi connectivity index (χ2v) is 3.40. The number of ether oxygens (including phenoxy) is 2. The maximum Gasteiger partial charge on any atom is 0.188 e. The van der Waals surface area contributed by atoms with E-state index in [2.05, 4.69) is 0 Å². The van der Waals surface area contributed by atoms with E-state index in [0.717, 1.165) is 0 Å². The van der Waals surface area contributed by atoms with Crippen LogP contribution in [0.25, 0.3) is 0 Å². The zero-order chi connectivity index (χ0) is 10.7. The van der Waals surface area contributed by atoms with Gasteiger partial charge in [-0.2, -0.15) is 0 Å². The third-order valence-electron chi connectivity index (χ3n) is 2.20. The highest BCUT2D eigenvalue weighted by Gasteiger charge is 2.20. The van der Waals surface area contributed by atoms with Crippen LogP contribution in [0.4, 0.5) is 4.39 Å². The topological polar surface area (TPSA) is 35.5 Å². The number of hydrogen-bond acceptors (Lipinski definition) is 3. The molecule has 1 aromatic carbocycles. The fourth-order valence-corrected chi connectivity index (χ4v) is 1.25. The Labute approximate surface area is 86.8 Å². The molecule has 0 radical (unpaired) electrons. The minimum Gasteiger partial charge on any atom is -0.376 e. The van der Waals surface area contributed by atoms with Gasteiger partial charge in [0.05, 0.1) is 13.2 Å². The maximum absolute atomic E-state index is 12.8. The second kappa shape index (κ2) is 4.51. The molecule has 0 unspecified atom stereocenters. The first kappa shape index (κ1) is 10.3. The highest BCUT2D eigenvalue weighted by molar-refractivity contribution is 5.97. The molecule has 0 aromatic heterocycles. The molecule has 0 N–H and O–H groups in total. The minimum atomic E-state index is -0.409. The van der Waals surface area contributed by atoms with Gasteiger partial charge in [0.25, 0.3) is 0 Å². The van der Waals surface area contributed by atoms with Gasteiger partial charge in [-0.15, -0.1) is 0 Å². The molecule has 1 heterocycles. The predicted molar refractivity (Wildman–Crippen MR) is 51.3 cm³/mol. The SMILES string of the molecule is O=C(COC1COC1)c1cccc(F)c1. The standard InChI is InChI=1S/C11H11FO3/c12-9-3-1-2-8(4-9)11(13)7-15-10-5-14-6-10/h1-4,10H,5-7H2. The molecule has 0 aliphatic carbocycles. The Kier molecular flexibility index (Phi) is 3.08. The summed E-state index contributed by atoms with van der Waals surface area (Å²) in [6, 6.07) is 5.60. The van der Waals surface area contributed by atoms with Crippen molar-refractivity contribution in [2.45, 2.75) is 6.10 Å². The zero-order valence-electron chi connectivity index (χ0n) is 8.11. The van der Waals surface area contributed by atoms with Gasteiger partial charge in [0.2, 0.25) is 0 Å². The van der Waals surface area contributed by atoms with Crippen molar-refractivity contribution < 1.29 is 18.7 Å². The van der Waals surface area contributed by atoms with Crippen molar-refractivity contribution in [3.63, 3.8) is 0 Å². The molecule has 0 amide bonds. The van der Waals surface area contributed by atoms with E-state index in [9.17, 15) is 9.18 Å². The molecule has 1 aliphatic heterocycles. The summed E-state index contributed by atoms with van der Waals surface area (Å²) in [7, 11) is 0. The molecule has 1 aromatic rings. The number of rotatable bonds is 4. The molecule has 2 rings (SSSR count). The van der Waals surface area contributed by atoms with Gasteiger partial charge >= 0.3 is 0 Å². The summed E-state index contributed by atoms with van der Waals surface area (Å²) in [5, 5.41) is 0. The first-order chi connectivity index (χ1) is 7.25. The van der Waals surface area contributed by atoms with Crippen LogP contribution in [0.5, 0.6) is 0 Å². The molecule has 3 nitrogen and oxygen atoms in total. The monoisotopic (exact) mass is 210 g/mol. The molecule has 0 saturated carbocycles. The lowest BCUT2D eigenvalue weighted by Crippen LogP contribution is -2.37. The number of ketones is 1. The van der Waals surface area contributed by atoms with E-state index in [1.165, 1.54) is 18.2 Å². The van der Waals surface area contributed by atoms with Gasteiger partial charge in [0, 0.05) is 5.56 Å². The van der Waals surface area contributed by atoms with Crippen molar-refractivity contribution in [1.29, 1.82) is 0 Å². The van der Waals surface area contributed by atoms with Gasteiger partial charge in [0.1, 0.15) is 18.5 Å². The molecule has 1 fully saturated rings. The highest BCUT2D eigenvalue weighted by Crippen LogP contribution is 2.08. The maximum atomic E-state index is 12.8. The van der Waals surface area contributed by atoms with Crippen molar-refractivity contribution in [2.24, 2.45) is 0 Å². The van der Waals surface area contributed by atoms with Crippen molar-refractivity contribution in [1.82, 2.24) is 0 Å². The van der Waals surface area contributed by atoms with E-state index in [0.29, 0.717) is 18.8 Å². The third kappa shape index (κ3) is 2.61. The Morgan fingerprint density at radius 2 is 2.33 bits per heavy atom. The minimum absolute atomic E-state index is 0.0162. The van der Waals surface area contributed by atoms with Crippen LogP contribution >= 0.6 is 0 Å². The van der Waals surface area contributed by atoms with Crippen molar-refractivity contribution in [2.75, 3.05) is 19.8 Å². The summed E-state index contributed by atoms with van der Waals surface area (Å²) >= 11 is 0. The fraction of sp³-hybridized carbons (Fsp3) is 0.364. The molecule has 0 spiro atoms. The third-order valence-corrected chi connectivity index (χ3v) is 2.20. The normalized spacial score (nSPS) is 16.1. The Morgan fingerprint density at radius 1 is 1.53 bits per heavy atom. The second-order valence-electron chi connectivity index (χ2n) is 3.40. The summed E-state index contributed by atoms with van der Waals surface area (Å²) in [5.74, 6) is -0.616. The van der Waals surface area contributed by atoms with E-state index in [-0.39, 0.29) is 18.5 Å². The summed E-state index contributed by atoms with van der Waals surface area (Å²) < 4.78 is 22.9. The van der Waals surface area contributed by atoms with Crippen molar-refractivity contribution >= 4 is 5.78 Å². The molecular formula is C11H11FO3. The number of benzene rings is 1. The lowest BCUT2D eigenvalue weighted by atomic mass is 10.1. The fourth-order valence-electron chi connectivity index (χ4n) is 1.25. The first-order valence-corrected chi connectivity index (χ1v) is 4.74. The van der Waals surface area contributed by atoms with Crippen LogP contribution in [0.2, 0.25) is 0 Å². The quantitative estimate of drug-likeness (QED) is 0.705. The number of Topliss-reactive ketones (excluding diaryl/α,β-unsaturated/α-hetero) is 1. The zero-order valence-corrected chi connectivity index (χ0v) is 8.11. The van der Waals surface area contributed by atoms with E-state index in [4.69, 9.17) is 9.47 Å². The van der Waals surface area contributed by atoms with Crippen LogP contribution in [-0.2, 0) is 9.47 Å². The number of carbonyl (C=O) groups excluding carboxylic acids is 1. The molecule has 80 valence electrons. The van der Waals surface area contributed by atoms with Crippen molar-refractivity contribution in [3.8, 4) is 0 Å². The van der Waals surface area contributed by atoms with Crippen LogP contribution in [0, 0.1) is 5.82 Å². The van der Waals surface area contributed by atoms with Gasteiger partial charge in [-0.1, -0.05) is 12.1 Å². The largest absolute Gasteiger partial charge is 0.376 e. The van der Waals surface area contributed by atoms with E-state index in [1.54, 1.807) is 6.07 Å². The Bertz CT molecular complexity index is 361. The molecule has 4 heteroatoms. The van der Waals surface area contributed by atoms with Crippen LogP contribution < -0.4 is 0 Å². The Morgan fingerprint density at radius 3 is 2.93 bits per heavy atom. The van der Waals surface area contributed by atoms with Gasteiger partial charge in [-0.25, -0.2) is 4.39 Å². The number of halogens is 1. The molecule has 15 heavy (non-hydrogen) atoms. The van der Waals surface area contributed by atoms with Crippen LogP contribution in [-0.4, -0.2) is 31.7 Å². The molecular weight excluding hydrogens is 199 g/mol. The average molecular weight is 210 g/mol. The van der Waals surface area contributed by atoms with E-state index >= 15 is 0 Å². The summed E-state index contributed by atoms with van der Waals surface area (Å²) in [4.78, 5) is 11.5. The van der Waals surface area contributed by atoms with Gasteiger partial charge in [-0.05, 0) is 12.1 Å². The molecule has 1 aliphatic rings. The lowest BCUT2D eigenvalue weighted by Gasteiger charge is -2.25. The van der Waals surface area contributed by atoms with E-state index in [1.807, 2.05) is 0 Å². The lowest BCUT2D eigenvalue weighted by molar-refractivity contribution is -0.123. The van der Waals surface area contributed by atoms with Gasteiger partial charge < -0.3 is 9.47 Å². The Hall–Kier alpha value is -1.26. The van der Waals surface area contributed by atoms with Gasteiger partial charge in [0.15, 0.2) is 5.78 Å². The van der Waals surface area contributed by atoms with Crippen LogP contribution in [0.1, 0.15) is 10.4 Å². The first-order valence-electron chi connectivity index (χ1n) is 4.74. The number of carbonyl (C=O) groups is 1. The molecule has 1 saturated heterocycles. The molecule has 0 bridgehead atoms. The van der Waals surface area contributed by atoms with E-state index < -0.39 is 5.82 Å².